The van der Waals surface area contributed by atoms with Gasteiger partial charge in [0.25, 0.3) is 0 Å². The zero-order valence-electron chi connectivity index (χ0n) is 12.9. The number of carbonyl (C=O) groups excluding carboxylic acids is 1. The van der Waals surface area contributed by atoms with Crippen LogP contribution in [0.3, 0.4) is 0 Å². The van der Waals surface area contributed by atoms with Crippen molar-refractivity contribution in [3.63, 3.8) is 0 Å². The number of rotatable bonds is 1. The molecular formula is C15H23N3O2. The second-order valence-electron chi connectivity index (χ2n) is 6.20. The highest BCUT2D eigenvalue weighted by atomic mass is 16.6. The van der Waals surface area contributed by atoms with Crippen molar-refractivity contribution in [2.45, 2.75) is 39.7 Å². The van der Waals surface area contributed by atoms with E-state index in [4.69, 9.17) is 4.74 Å². The molecule has 1 amide bonds. The summed E-state index contributed by atoms with van der Waals surface area (Å²) in [5.41, 5.74) is 2.90. The van der Waals surface area contributed by atoms with E-state index in [0.717, 1.165) is 17.8 Å². The Morgan fingerprint density at radius 2 is 2.10 bits per heavy atom. The molecule has 0 bridgehead atoms. The Bertz CT molecular complexity index is 518. The van der Waals surface area contributed by atoms with Crippen LogP contribution < -0.4 is 0 Å². The van der Waals surface area contributed by atoms with Crippen molar-refractivity contribution < 1.29 is 9.53 Å². The molecule has 5 heteroatoms. The first kappa shape index (κ1) is 14.6. The van der Waals surface area contributed by atoms with Crippen molar-refractivity contribution in [3.8, 4) is 0 Å². The molecule has 1 aliphatic heterocycles. The Labute approximate surface area is 120 Å². The van der Waals surface area contributed by atoms with Crippen LogP contribution in [-0.2, 0) is 11.8 Å². The number of aryl methyl sites for hydroxylation is 2. The summed E-state index contributed by atoms with van der Waals surface area (Å²) in [7, 11) is 1.94. The third kappa shape index (κ3) is 3.40. The number of hydrogen-bond acceptors (Lipinski definition) is 3. The van der Waals surface area contributed by atoms with Gasteiger partial charge in [0.2, 0.25) is 0 Å². The standard InChI is InChI=1S/C15H23N3O2/c1-11-10-13(16-17(11)5)12-6-8-18(9-7-12)14(19)20-15(2,3)4/h6,10H,7-9H2,1-5H3. The normalized spacial score (nSPS) is 16.1. The van der Waals surface area contributed by atoms with Crippen LogP contribution in [0.1, 0.15) is 38.6 Å². The van der Waals surface area contributed by atoms with Crippen LogP contribution in [-0.4, -0.2) is 39.5 Å². The molecule has 0 fully saturated rings. The molecule has 0 saturated carbocycles. The summed E-state index contributed by atoms with van der Waals surface area (Å²) in [5.74, 6) is 0. The van der Waals surface area contributed by atoms with E-state index in [-0.39, 0.29) is 6.09 Å². The summed E-state index contributed by atoms with van der Waals surface area (Å²) in [6, 6.07) is 2.08. The smallest absolute Gasteiger partial charge is 0.410 e. The first-order valence-corrected chi connectivity index (χ1v) is 6.94. The van der Waals surface area contributed by atoms with E-state index in [2.05, 4.69) is 17.2 Å². The average Bonchev–Trinajstić information content (AvgIpc) is 2.68. The molecule has 5 nitrogen and oxygen atoms in total. The largest absolute Gasteiger partial charge is 0.444 e. The number of ether oxygens (including phenoxy) is 1. The van der Waals surface area contributed by atoms with Gasteiger partial charge in [-0.2, -0.15) is 5.10 Å². The Hall–Kier alpha value is -1.78. The lowest BCUT2D eigenvalue weighted by atomic mass is 10.1. The molecule has 2 rings (SSSR count). The minimum Gasteiger partial charge on any atom is -0.444 e. The zero-order valence-corrected chi connectivity index (χ0v) is 12.9. The van der Waals surface area contributed by atoms with E-state index >= 15 is 0 Å². The van der Waals surface area contributed by atoms with Crippen LogP contribution >= 0.6 is 0 Å². The summed E-state index contributed by atoms with van der Waals surface area (Å²) in [6.45, 7) is 8.94. The lowest BCUT2D eigenvalue weighted by molar-refractivity contribution is 0.0270. The van der Waals surface area contributed by atoms with E-state index in [0.29, 0.717) is 13.1 Å². The Morgan fingerprint density at radius 3 is 2.55 bits per heavy atom. The molecule has 0 spiro atoms. The predicted molar refractivity (Wildman–Crippen MR) is 78.3 cm³/mol. The molecule has 0 aliphatic carbocycles. The van der Waals surface area contributed by atoms with Crippen LogP contribution in [0.25, 0.3) is 5.57 Å². The maximum atomic E-state index is 12.0. The van der Waals surface area contributed by atoms with Gasteiger partial charge >= 0.3 is 6.09 Å². The molecular weight excluding hydrogens is 254 g/mol. The van der Waals surface area contributed by atoms with Gasteiger partial charge in [-0.15, -0.1) is 0 Å². The third-order valence-corrected chi connectivity index (χ3v) is 3.30. The van der Waals surface area contributed by atoms with Crippen LogP contribution in [0, 0.1) is 6.92 Å². The minimum atomic E-state index is -0.445. The highest BCUT2D eigenvalue weighted by Crippen LogP contribution is 2.22. The Morgan fingerprint density at radius 1 is 1.40 bits per heavy atom. The van der Waals surface area contributed by atoms with Gasteiger partial charge in [-0.3, -0.25) is 4.68 Å². The fraction of sp³-hybridized carbons (Fsp3) is 0.600. The minimum absolute atomic E-state index is 0.245. The summed E-state index contributed by atoms with van der Waals surface area (Å²) >= 11 is 0. The predicted octanol–water partition coefficient (Wildman–Crippen LogP) is 2.75. The fourth-order valence-electron chi connectivity index (χ4n) is 2.11. The van der Waals surface area contributed by atoms with Crippen LogP contribution in [0.15, 0.2) is 12.1 Å². The molecule has 110 valence electrons. The first-order chi connectivity index (χ1) is 9.26. The maximum Gasteiger partial charge on any atom is 0.410 e. The molecule has 0 saturated heterocycles. The second-order valence-corrected chi connectivity index (χ2v) is 6.20. The van der Waals surface area contributed by atoms with Gasteiger partial charge in [0.1, 0.15) is 5.60 Å². The highest BCUT2D eigenvalue weighted by molar-refractivity contribution is 5.71. The van der Waals surface area contributed by atoms with Crippen molar-refractivity contribution in [1.29, 1.82) is 0 Å². The van der Waals surface area contributed by atoms with Gasteiger partial charge in [0.05, 0.1) is 5.69 Å². The van der Waals surface area contributed by atoms with Gasteiger partial charge in [-0.1, -0.05) is 6.08 Å². The van der Waals surface area contributed by atoms with Crippen molar-refractivity contribution in [1.82, 2.24) is 14.7 Å². The Kier molecular flexibility index (Phi) is 3.88. The quantitative estimate of drug-likeness (QED) is 0.793. The fourth-order valence-corrected chi connectivity index (χ4v) is 2.11. The van der Waals surface area contributed by atoms with Gasteiger partial charge in [-0.05, 0) is 45.8 Å². The van der Waals surface area contributed by atoms with Gasteiger partial charge in [-0.25, -0.2) is 4.79 Å². The molecule has 0 N–H and O–H groups in total. The van der Waals surface area contributed by atoms with E-state index in [1.54, 1.807) is 4.90 Å². The number of hydrogen-bond donors (Lipinski definition) is 0. The summed E-state index contributed by atoms with van der Waals surface area (Å²) in [6.07, 6.45) is 2.63. The van der Waals surface area contributed by atoms with Gasteiger partial charge in [0.15, 0.2) is 0 Å². The molecule has 0 atom stereocenters. The lowest BCUT2D eigenvalue weighted by Gasteiger charge is -2.29. The monoisotopic (exact) mass is 277 g/mol. The van der Waals surface area contributed by atoms with Crippen LogP contribution in [0.2, 0.25) is 0 Å². The van der Waals surface area contributed by atoms with Gasteiger partial charge < -0.3 is 9.64 Å². The summed E-state index contributed by atoms with van der Waals surface area (Å²) in [4.78, 5) is 13.7. The molecule has 0 aromatic carbocycles. The van der Waals surface area contributed by atoms with Crippen molar-refractivity contribution in [3.05, 3.63) is 23.5 Å². The molecule has 1 aromatic rings. The van der Waals surface area contributed by atoms with E-state index < -0.39 is 5.60 Å². The number of carbonyl (C=O) groups is 1. The molecule has 1 aromatic heterocycles. The van der Waals surface area contributed by atoms with Crippen molar-refractivity contribution in [2.24, 2.45) is 7.05 Å². The number of aromatic nitrogens is 2. The third-order valence-electron chi connectivity index (χ3n) is 3.30. The maximum absolute atomic E-state index is 12.0. The molecule has 2 heterocycles. The highest BCUT2D eigenvalue weighted by Gasteiger charge is 2.24. The van der Waals surface area contributed by atoms with E-state index in [9.17, 15) is 4.79 Å². The van der Waals surface area contributed by atoms with E-state index in [1.165, 1.54) is 5.57 Å². The van der Waals surface area contributed by atoms with Crippen LogP contribution in [0.4, 0.5) is 4.79 Å². The number of amides is 1. The SMILES string of the molecule is Cc1cc(C2=CCN(C(=O)OC(C)(C)C)CC2)nn1C. The van der Waals surface area contributed by atoms with Crippen molar-refractivity contribution >= 4 is 11.7 Å². The molecule has 0 radical (unpaired) electrons. The topological polar surface area (TPSA) is 47.4 Å². The van der Waals surface area contributed by atoms with Crippen molar-refractivity contribution in [2.75, 3.05) is 13.1 Å². The van der Waals surface area contributed by atoms with Gasteiger partial charge in [0, 0.05) is 25.8 Å². The Balaban J connectivity index is 2.02. The first-order valence-electron chi connectivity index (χ1n) is 6.94. The summed E-state index contributed by atoms with van der Waals surface area (Å²) < 4.78 is 7.25. The summed E-state index contributed by atoms with van der Waals surface area (Å²) in [5, 5.41) is 4.48. The molecule has 1 aliphatic rings. The average molecular weight is 277 g/mol. The van der Waals surface area contributed by atoms with E-state index in [1.807, 2.05) is 39.4 Å². The zero-order chi connectivity index (χ0) is 14.9. The molecule has 20 heavy (non-hydrogen) atoms. The second kappa shape index (κ2) is 5.31. The number of nitrogens with zero attached hydrogens (tertiary/aromatic N) is 3. The molecule has 0 unspecified atom stereocenters. The lowest BCUT2D eigenvalue weighted by Crippen LogP contribution is -2.39. The van der Waals surface area contributed by atoms with Crippen LogP contribution in [0.5, 0.6) is 0 Å².